The van der Waals surface area contributed by atoms with Crippen molar-refractivity contribution in [3.8, 4) is 0 Å². The Labute approximate surface area is 128 Å². The molecule has 2 N–H and O–H groups in total. The summed E-state index contributed by atoms with van der Waals surface area (Å²) in [5.41, 5.74) is 0. The highest BCUT2D eigenvalue weighted by atomic mass is 16.2. The molecule has 0 saturated carbocycles. The predicted molar refractivity (Wildman–Crippen MR) is 84.3 cm³/mol. The Morgan fingerprint density at radius 1 is 1.14 bits per heavy atom. The lowest BCUT2D eigenvalue weighted by atomic mass is 9.82. The molecule has 5 nitrogen and oxygen atoms in total. The Hall–Kier alpha value is -0.650. The first-order valence-corrected chi connectivity index (χ1v) is 8.67. The van der Waals surface area contributed by atoms with Crippen LogP contribution in [0.3, 0.4) is 0 Å². The molecule has 3 aliphatic heterocycles. The number of carbonyl (C=O) groups excluding carboxylic acids is 1. The van der Waals surface area contributed by atoms with Gasteiger partial charge in [0.1, 0.15) is 0 Å². The van der Waals surface area contributed by atoms with Crippen LogP contribution < -0.4 is 10.6 Å². The van der Waals surface area contributed by atoms with Gasteiger partial charge in [-0.3, -0.25) is 9.69 Å². The summed E-state index contributed by atoms with van der Waals surface area (Å²) >= 11 is 0. The van der Waals surface area contributed by atoms with Gasteiger partial charge >= 0.3 is 0 Å². The van der Waals surface area contributed by atoms with E-state index in [1.165, 1.54) is 19.3 Å². The van der Waals surface area contributed by atoms with Crippen molar-refractivity contribution < 1.29 is 4.79 Å². The van der Waals surface area contributed by atoms with Crippen LogP contribution in [0.4, 0.5) is 0 Å². The third-order valence-electron chi connectivity index (χ3n) is 5.50. The molecule has 120 valence electrons. The molecule has 0 aromatic carbocycles. The van der Waals surface area contributed by atoms with Crippen molar-refractivity contribution in [2.24, 2.45) is 0 Å². The largest absolute Gasteiger partial charge is 0.352 e. The van der Waals surface area contributed by atoms with Crippen molar-refractivity contribution in [1.82, 2.24) is 20.4 Å². The van der Waals surface area contributed by atoms with E-state index >= 15 is 0 Å². The number of fused-ring (bicyclic) bond motifs is 2. The van der Waals surface area contributed by atoms with Gasteiger partial charge in [0.2, 0.25) is 5.91 Å². The molecule has 3 heterocycles. The van der Waals surface area contributed by atoms with E-state index in [-0.39, 0.29) is 5.91 Å². The summed E-state index contributed by atoms with van der Waals surface area (Å²) in [4.78, 5) is 17.1. The molecule has 3 rings (SSSR count). The van der Waals surface area contributed by atoms with Gasteiger partial charge in [-0.05, 0) is 52.2 Å². The molecule has 1 amide bonds. The number of hydrogen-bond donors (Lipinski definition) is 2. The van der Waals surface area contributed by atoms with Crippen LogP contribution in [0.25, 0.3) is 0 Å². The fourth-order valence-electron chi connectivity index (χ4n) is 4.27. The number of piperidine rings is 2. The molecule has 0 aliphatic carbocycles. The summed E-state index contributed by atoms with van der Waals surface area (Å²) in [6.07, 6.45) is 7.39. The summed E-state index contributed by atoms with van der Waals surface area (Å²) in [5, 5.41) is 6.69. The highest BCUT2D eigenvalue weighted by Gasteiger charge is 2.36. The zero-order valence-electron chi connectivity index (χ0n) is 13.3. The van der Waals surface area contributed by atoms with Gasteiger partial charge in [0.05, 0.1) is 6.54 Å². The van der Waals surface area contributed by atoms with Crippen LogP contribution >= 0.6 is 0 Å². The number of nitrogens with one attached hydrogen (secondary N) is 2. The van der Waals surface area contributed by atoms with Crippen LogP contribution in [-0.2, 0) is 4.79 Å². The van der Waals surface area contributed by atoms with Gasteiger partial charge in [-0.25, -0.2) is 0 Å². The normalized spacial score (nSPS) is 35.2. The first-order chi connectivity index (χ1) is 10.2. The van der Waals surface area contributed by atoms with Crippen molar-refractivity contribution in [2.75, 3.05) is 39.8 Å². The Balaban J connectivity index is 1.46. The average Bonchev–Trinajstić information content (AvgIpc) is 2.68. The second-order valence-corrected chi connectivity index (χ2v) is 7.02. The topological polar surface area (TPSA) is 47.6 Å². The van der Waals surface area contributed by atoms with Crippen LogP contribution in [-0.4, -0.2) is 73.6 Å². The summed E-state index contributed by atoms with van der Waals surface area (Å²) < 4.78 is 0. The van der Waals surface area contributed by atoms with E-state index in [0.717, 1.165) is 45.4 Å². The molecule has 0 spiro atoms. The van der Waals surface area contributed by atoms with E-state index in [1.54, 1.807) is 0 Å². The van der Waals surface area contributed by atoms with E-state index in [0.29, 0.717) is 24.7 Å². The van der Waals surface area contributed by atoms with Crippen molar-refractivity contribution >= 4 is 5.91 Å². The molecule has 5 heteroatoms. The Kier molecular flexibility index (Phi) is 5.14. The highest BCUT2D eigenvalue weighted by molar-refractivity contribution is 5.78. The second-order valence-electron chi connectivity index (χ2n) is 7.02. The molecule has 0 aromatic heterocycles. The van der Waals surface area contributed by atoms with Crippen molar-refractivity contribution in [2.45, 2.75) is 56.7 Å². The van der Waals surface area contributed by atoms with Gasteiger partial charge < -0.3 is 15.5 Å². The second kappa shape index (κ2) is 7.07. The van der Waals surface area contributed by atoms with Crippen LogP contribution in [0, 0.1) is 0 Å². The third kappa shape index (κ3) is 3.96. The van der Waals surface area contributed by atoms with Gasteiger partial charge in [0, 0.05) is 31.2 Å². The van der Waals surface area contributed by atoms with Gasteiger partial charge in [0.25, 0.3) is 0 Å². The standard InChI is InChI=1S/C16H30N4O/c1-19-14-4-2-5-15(19)11-13(10-14)18-16(21)12-20-8-3-6-17-7-9-20/h13-15,17H,2-12H2,1H3,(H,18,21). The van der Waals surface area contributed by atoms with Gasteiger partial charge in [-0.1, -0.05) is 6.42 Å². The van der Waals surface area contributed by atoms with Crippen LogP contribution in [0.2, 0.25) is 0 Å². The Bertz CT molecular complexity index is 340. The van der Waals surface area contributed by atoms with Crippen LogP contribution in [0.1, 0.15) is 38.5 Å². The molecule has 0 radical (unpaired) electrons. The molecular formula is C16H30N4O. The maximum absolute atomic E-state index is 12.3. The van der Waals surface area contributed by atoms with E-state index < -0.39 is 0 Å². The quantitative estimate of drug-likeness (QED) is 0.792. The number of hydrogen-bond acceptors (Lipinski definition) is 4. The lowest BCUT2D eigenvalue weighted by Gasteiger charge is -2.47. The van der Waals surface area contributed by atoms with E-state index in [2.05, 4.69) is 27.5 Å². The van der Waals surface area contributed by atoms with Crippen LogP contribution in [0.5, 0.6) is 0 Å². The fourth-order valence-corrected chi connectivity index (χ4v) is 4.27. The SMILES string of the molecule is CN1C2CCCC1CC(NC(=O)CN1CCCNCC1)C2. The molecule has 21 heavy (non-hydrogen) atoms. The number of nitrogens with zero attached hydrogens (tertiary/aromatic N) is 2. The molecule has 2 atom stereocenters. The zero-order valence-corrected chi connectivity index (χ0v) is 13.3. The predicted octanol–water partition coefficient (Wildman–Crippen LogP) is 0.413. The summed E-state index contributed by atoms with van der Waals surface area (Å²) in [5.74, 6) is 0.226. The first-order valence-electron chi connectivity index (χ1n) is 8.67. The maximum Gasteiger partial charge on any atom is 0.234 e. The van der Waals surface area contributed by atoms with E-state index in [9.17, 15) is 4.79 Å². The summed E-state index contributed by atoms with van der Waals surface area (Å²) in [6, 6.07) is 1.77. The minimum atomic E-state index is 0.226. The molecule has 3 saturated heterocycles. The summed E-state index contributed by atoms with van der Waals surface area (Å²) in [6.45, 7) is 4.69. The fraction of sp³-hybridized carbons (Fsp3) is 0.938. The first kappa shape index (κ1) is 15.3. The Morgan fingerprint density at radius 2 is 1.90 bits per heavy atom. The van der Waals surface area contributed by atoms with E-state index in [1.807, 2.05) is 0 Å². The molecule has 2 bridgehead atoms. The molecular weight excluding hydrogens is 264 g/mol. The van der Waals surface area contributed by atoms with Gasteiger partial charge in [0.15, 0.2) is 0 Å². The van der Waals surface area contributed by atoms with Crippen molar-refractivity contribution in [3.05, 3.63) is 0 Å². The lowest BCUT2D eigenvalue weighted by molar-refractivity contribution is -0.123. The number of carbonyl (C=O) groups is 1. The van der Waals surface area contributed by atoms with Gasteiger partial charge in [-0.15, -0.1) is 0 Å². The minimum Gasteiger partial charge on any atom is -0.352 e. The zero-order chi connectivity index (χ0) is 14.7. The summed E-state index contributed by atoms with van der Waals surface area (Å²) in [7, 11) is 2.26. The van der Waals surface area contributed by atoms with E-state index in [4.69, 9.17) is 0 Å². The number of amides is 1. The molecule has 0 aromatic rings. The van der Waals surface area contributed by atoms with Crippen molar-refractivity contribution in [3.63, 3.8) is 0 Å². The molecule has 2 unspecified atom stereocenters. The molecule has 3 aliphatic rings. The molecule has 3 fully saturated rings. The van der Waals surface area contributed by atoms with Crippen LogP contribution in [0.15, 0.2) is 0 Å². The number of rotatable bonds is 3. The van der Waals surface area contributed by atoms with Gasteiger partial charge in [-0.2, -0.15) is 0 Å². The average molecular weight is 294 g/mol. The minimum absolute atomic E-state index is 0.226. The Morgan fingerprint density at radius 3 is 2.67 bits per heavy atom. The monoisotopic (exact) mass is 294 g/mol. The maximum atomic E-state index is 12.3. The smallest absolute Gasteiger partial charge is 0.234 e. The van der Waals surface area contributed by atoms with Crippen molar-refractivity contribution in [1.29, 1.82) is 0 Å². The lowest BCUT2D eigenvalue weighted by Crippen LogP contribution is -2.56. The highest BCUT2D eigenvalue weighted by Crippen LogP contribution is 2.32. The third-order valence-corrected chi connectivity index (χ3v) is 5.50.